The molecule has 15 heavy (non-hydrogen) atoms. The largest absolute Gasteiger partial charge is 0.466 e. The summed E-state index contributed by atoms with van der Waals surface area (Å²) >= 11 is 0. The van der Waals surface area contributed by atoms with Gasteiger partial charge in [-0.15, -0.1) is 0 Å². The molecule has 0 unspecified atom stereocenters. The molecule has 0 amide bonds. The van der Waals surface area contributed by atoms with E-state index in [0.717, 1.165) is 23.5 Å². The molecule has 0 fully saturated rings. The van der Waals surface area contributed by atoms with Crippen LogP contribution in [0, 0.1) is 6.92 Å². The molecule has 0 spiro atoms. The van der Waals surface area contributed by atoms with Gasteiger partial charge in [-0.3, -0.25) is 0 Å². The maximum Gasteiger partial charge on any atom is 0.108 e. The first-order valence-electron chi connectivity index (χ1n) is 4.84. The van der Waals surface area contributed by atoms with Crippen LogP contribution in [-0.4, -0.2) is 0 Å². The Kier molecular flexibility index (Phi) is 2.37. The molecule has 0 atom stereocenters. The Morgan fingerprint density at radius 1 is 1.07 bits per heavy atom. The Morgan fingerprint density at radius 2 is 1.87 bits per heavy atom. The monoisotopic (exact) mass is 202 g/mol. The third-order valence-electron chi connectivity index (χ3n) is 2.33. The minimum atomic E-state index is 0.620. The van der Waals surface area contributed by atoms with Gasteiger partial charge in [0.15, 0.2) is 0 Å². The van der Waals surface area contributed by atoms with Crippen molar-refractivity contribution >= 4 is 11.4 Å². The number of nitrogen functional groups attached to an aromatic ring is 2. The third kappa shape index (κ3) is 2.13. The summed E-state index contributed by atoms with van der Waals surface area (Å²) in [5.74, 6) is 1.87. The van der Waals surface area contributed by atoms with Crippen LogP contribution in [0.4, 0.5) is 11.4 Å². The quantitative estimate of drug-likeness (QED) is 0.734. The summed E-state index contributed by atoms with van der Waals surface area (Å²) in [7, 11) is 0. The van der Waals surface area contributed by atoms with Crippen molar-refractivity contribution < 1.29 is 4.42 Å². The molecule has 0 bridgehead atoms. The number of nitrogens with two attached hydrogens (primary N) is 2. The number of aryl methyl sites for hydroxylation is 1. The van der Waals surface area contributed by atoms with Gasteiger partial charge in [-0.2, -0.15) is 0 Å². The minimum Gasteiger partial charge on any atom is -0.466 e. The SMILES string of the molecule is Cc1ccc(Cc2ccc(N)c(N)c2)o1. The highest BCUT2D eigenvalue weighted by Crippen LogP contribution is 2.19. The van der Waals surface area contributed by atoms with Gasteiger partial charge in [0.2, 0.25) is 0 Å². The number of rotatable bonds is 2. The minimum absolute atomic E-state index is 0.620. The molecule has 3 nitrogen and oxygen atoms in total. The summed E-state index contributed by atoms with van der Waals surface area (Å²) in [6, 6.07) is 9.59. The van der Waals surface area contributed by atoms with Crippen molar-refractivity contribution in [3.05, 3.63) is 47.4 Å². The maximum absolute atomic E-state index is 5.72. The summed E-state index contributed by atoms with van der Waals surface area (Å²) < 4.78 is 5.49. The zero-order valence-corrected chi connectivity index (χ0v) is 8.66. The van der Waals surface area contributed by atoms with Crippen molar-refractivity contribution in [3.8, 4) is 0 Å². The number of benzene rings is 1. The molecule has 0 aliphatic carbocycles. The van der Waals surface area contributed by atoms with Gasteiger partial charge in [-0.1, -0.05) is 6.07 Å². The molecule has 0 radical (unpaired) electrons. The standard InChI is InChI=1S/C12H14N2O/c1-8-2-4-10(15-8)6-9-3-5-11(13)12(14)7-9/h2-5,7H,6,13-14H2,1H3. The number of anilines is 2. The van der Waals surface area contributed by atoms with Gasteiger partial charge < -0.3 is 15.9 Å². The van der Waals surface area contributed by atoms with Crippen LogP contribution in [0.15, 0.2) is 34.7 Å². The van der Waals surface area contributed by atoms with Crippen molar-refractivity contribution in [2.45, 2.75) is 13.3 Å². The summed E-state index contributed by atoms with van der Waals surface area (Å²) in [5.41, 5.74) is 13.7. The highest BCUT2D eigenvalue weighted by molar-refractivity contribution is 5.64. The molecular weight excluding hydrogens is 188 g/mol. The zero-order valence-electron chi connectivity index (χ0n) is 8.66. The van der Waals surface area contributed by atoms with Crippen molar-refractivity contribution in [3.63, 3.8) is 0 Å². The molecular formula is C12H14N2O. The van der Waals surface area contributed by atoms with Crippen LogP contribution in [0.5, 0.6) is 0 Å². The molecule has 0 aliphatic heterocycles. The van der Waals surface area contributed by atoms with E-state index in [2.05, 4.69) is 0 Å². The Balaban J connectivity index is 2.21. The van der Waals surface area contributed by atoms with E-state index >= 15 is 0 Å². The average Bonchev–Trinajstić information content (AvgIpc) is 2.58. The van der Waals surface area contributed by atoms with E-state index in [4.69, 9.17) is 15.9 Å². The van der Waals surface area contributed by atoms with Crippen LogP contribution in [0.25, 0.3) is 0 Å². The van der Waals surface area contributed by atoms with Crippen LogP contribution in [0.1, 0.15) is 17.1 Å². The van der Waals surface area contributed by atoms with E-state index in [-0.39, 0.29) is 0 Å². The van der Waals surface area contributed by atoms with Crippen LogP contribution >= 0.6 is 0 Å². The Hall–Kier alpha value is -1.90. The Bertz CT molecular complexity index is 474. The molecule has 78 valence electrons. The van der Waals surface area contributed by atoms with E-state index in [0.29, 0.717) is 11.4 Å². The lowest BCUT2D eigenvalue weighted by Gasteiger charge is -2.03. The first kappa shape index (κ1) is 9.65. The van der Waals surface area contributed by atoms with Gasteiger partial charge in [0.25, 0.3) is 0 Å². The summed E-state index contributed by atoms with van der Waals surface area (Å²) in [5, 5.41) is 0. The molecule has 1 aromatic carbocycles. The fourth-order valence-electron chi connectivity index (χ4n) is 1.52. The highest BCUT2D eigenvalue weighted by atomic mass is 16.3. The summed E-state index contributed by atoms with van der Waals surface area (Å²) in [6.07, 6.45) is 0.748. The van der Waals surface area contributed by atoms with Crippen molar-refractivity contribution in [2.75, 3.05) is 11.5 Å². The molecule has 3 heteroatoms. The molecule has 1 heterocycles. The van der Waals surface area contributed by atoms with E-state index in [1.807, 2.05) is 37.3 Å². The average molecular weight is 202 g/mol. The van der Waals surface area contributed by atoms with E-state index < -0.39 is 0 Å². The molecule has 0 aliphatic rings. The second kappa shape index (κ2) is 3.69. The number of furan rings is 1. The van der Waals surface area contributed by atoms with Crippen LogP contribution in [0.2, 0.25) is 0 Å². The van der Waals surface area contributed by atoms with Crippen LogP contribution < -0.4 is 11.5 Å². The van der Waals surface area contributed by atoms with E-state index in [9.17, 15) is 0 Å². The predicted molar refractivity (Wildman–Crippen MR) is 61.5 cm³/mol. The van der Waals surface area contributed by atoms with Crippen molar-refractivity contribution in [1.29, 1.82) is 0 Å². The van der Waals surface area contributed by atoms with Crippen LogP contribution in [-0.2, 0) is 6.42 Å². The smallest absolute Gasteiger partial charge is 0.108 e. The first-order valence-corrected chi connectivity index (χ1v) is 4.84. The van der Waals surface area contributed by atoms with Gasteiger partial charge >= 0.3 is 0 Å². The van der Waals surface area contributed by atoms with Crippen molar-refractivity contribution in [1.82, 2.24) is 0 Å². The molecule has 2 rings (SSSR count). The molecule has 0 saturated carbocycles. The molecule has 2 aromatic rings. The van der Waals surface area contributed by atoms with E-state index in [1.54, 1.807) is 0 Å². The van der Waals surface area contributed by atoms with Gasteiger partial charge in [0.1, 0.15) is 11.5 Å². The first-order chi connectivity index (χ1) is 7.15. The lowest BCUT2D eigenvalue weighted by Crippen LogP contribution is -1.96. The highest BCUT2D eigenvalue weighted by Gasteiger charge is 2.02. The zero-order chi connectivity index (χ0) is 10.8. The van der Waals surface area contributed by atoms with Gasteiger partial charge in [0, 0.05) is 6.42 Å². The second-order valence-corrected chi connectivity index (χ2v) is 3.65. The van der Waals surface area contributed by atoms with Gasteiger partial charge in [-0.25, -0.2) is 0 Å². The van der Waals surface area contributed by atoms with Gasteiger partial charge in [0.05, 0.1) is 11.4 Å². The van der Waals surface area contributed by atoms with Crippen molar-refractivity contribution in [2.24, 2.45) is 0 Å². The fourth-order valence-corrected chi connectivity index (χ4v) is 1.52. The summed E-state index contributed by atoms with van der Waals surface area (Å²) in [4.78, 5) is 0. The number of hydrogen-bond donors (Lipinski definition) is 2. The van der Waals surface area contributed by atoms with E-state index in [1.165, 1.54) is 0 Å². The molecule has 0 saturated heterocycles. The lowest BCUT2D eigenvalue weighted by atomic mass is 10.1. The predicted octanol–water partition coefficient (Wildman–Crippen LogP) is 2.34. The van der Waals surface area contributed by atoms with Gasteiger partial charge in [-0.05, 0) is 36.8 Å². The topological polar surface area (TPSA) is 65.2 Å². The Labute approximate surface area is 88.7 Å². The third-order valence-corrected chi connectivity index (χ3v) is 2.33. The Morgan fingerprint density at radius 3 is 2.47 bits per heavy atom. The fraction of sp³-hybridized carbons (Fsp3) is 0.167. The normalized spacial score (nSPS) is 10.5. The summed E-state index contributed by atoms with van der Waals surface area (Å²) in [6.45, 7) is 1.93. The molecule has 1 aromatic heterocycles. The van der Waals surface area contributed by atoms with Crippen LogP contribution in [0.3, 0.4) is 0 Å². The number of hydrogen-bond acceptors (Lipinski definition) is 3. The molecule has 4 N–H and O–H groups in total. The maximum atomic E-state index is 5.72. The second-order valence-electron chi connectivity index (χ2n) is 3.65. The lowest BCUT2D eigenvalue weighted by molar-refractivity contribution is 0.493.